The maximum atomic E-state index is 11.1. The molecule has 1 saturated heterocycles. The SMILES string of the molecule is C=C(CNC(=O)O)NCCN1CCNC1=O. The molecule has 4 N–H and O–H groups in total. The fourth-order valence-electron chi connectivity index (χ4n) is 1.34. The van der Waals surface area contributed by atoms with Gasteiger partial charge in [-0.05, 0) is 0 Å². The van der Waals surface area contributed by atoms with E-state index in [0.717, 1.165) is 0 Å². The van der Waals surface area contributed by atoms with Crippen LogP contribution in [0.2, 0.25) is 0 Å². The molecule has 1 rings (SSSR count). The quantitative estimate of drug-likeness (QED) is 0.487. The maximum absolute atomic E-state index is 11.1. The summed E-state index contributed by atoms with van der Waals surface area (Å²) in [6.07, 6.45) is -1.08. The van der Waals surface area contributed by atoms with Crippen LogP contribution < -0.4 is 16.0 Å². The number of carbonyl (C=O) groups excluding carboxylic acids is 1. The second-order valence-corrected chi connectivity index (χ2v) is 3.41. The Balaban J connectivity index is 2.08. The highest BCUT2D eigenvalue weighted by Gasteiger charge is 2.18. The first kappa shape index (κ1) is 12.2. The molecule has 1 aliphatic heterocycles. The Labute approximate surface area is 93.5 Å². The summed E-state index contributed by atoms with van der Waals surface area (Å²) in [6.45, 7) is 6.36. The van der Waals surface area contributed by atoms with E-state index in [1.807, 2.05) is 0 Å². The molecule has 0 saturated carbocycles. The van der Waals surface area contributed by atoms with E-state index in [0.29, 0.717) is 31.9 Å². The summed E-state index contributed by atoms with van der Waals surface area (Å²) in [5.74, 6) is 0. The Bertz CT molecular complexity index is 292. The number of nitrogens with zero attached hydrogens (tertiary/aromatic N) is 1. The van der Waals surface area contributed by atoms with E-state index in [2.05, 4.69) is 22.5 Å². The van der Waals surface area contributed by atoms with Crippen molar-refractivity contribution >= 4 is 12.1 Å². The molecule has 0 unspecified atom stereocenters. The molecule has 1 heterocycles. The summed E-state index contributed by atoms with van der Waals surface area (Å²) in [5.41, 5.74) is 0.585. The first-order valence-electron chi connectivity index (χ1n) is 5.01. The van der Waals surface area contributed by atoms with E-state index >= 15 is 0 Å². The molecular formula is C9H16N4O3. The van der Waals surface area contributed by atoms with Gasteiger partial charge < -0.3 is 26.0 Å². The number of carboxylic acid groups (broad SMARTS) is 1. The Hall–Kier alpha value is -1.92. The van der Waals surface area contributed by atoms with Crippen molar-refractivity contribution in [3.05, 3.63) is 12.3 Å². The molecule has 0 spiro atoms. The minimum atomic E-state index is -1.08. The van der Waals surface area contributed by atoms with Crippen LogP contribution in [0.25, 0.3) is 0 Å². The van der Waals surface area contributed by atoms with Gasteiger partial charge in [-0.15, -0.1) is 0 Å². The van der Waals surface area contributed by atoms with Gasteiger partial charge in [-0.3, -0.25) is 0 Å². The Morgan fingerprint density at radius 3 is 2.88 bits per heavy atom. The summed E-state index contributed by atoms with van der Waals surface area (Å²) in [5, 5.41) is 16.2. The number of nitrogens with one attached hydrogen (secondary N) is 3. The van der Waals surface area contributed by atoms with Gasteiger partial charge >= 0.3 is 12.1 Å². The molecular weight excluding hydrogens is 212 g/mol. The van der Waals surface area contributed by atoms with Gasteiger partial charge in [-0.25, -0.2) is 9.59 Å². The molecule has 0 radical (unpaired) electrons. The molecule has 7 nitrogen and oxygen atoms in total. The zero-order chi connectivity index (χ0) is 12.0. The third kappa shape index (κ3) is 4.07. The van der Waals surface area contributed by atoms with Crippen molar-refractivity contribution in [2.75, 3.05) is 32.7 Å². The molecule has 16 heavy (non-hydrogen) atoms. The average Bonchev–Trinajstić information content (AvgIpc) is 2.61. The van der Waals surface area contributed by atoms with Crippen molar-refractivity contribution in [1.82, 2.24) is 20.9 Å². The monoisotopic (exact) mass is 228 g/mol. The minimum absolute atomic E-state index is 0.0592. The normalized spacial score (nSPS) is 14.5. The fourth-order valence-corrected chi connectivity index (χ4v) is 1.34. The van der Waals surface area contributed by atoms with Gasteiger partial charge in [0.15, 0.2) is 0 Å². The Kier molecular flexibility index (Phi) is 4.43. The van der Waals surface area contributed by atoms with Gasteiger partial charge in [0.1, 0.15) is 0 Å². The van der Waals surface area contributed by atoms with Crippen LogP contribution in [0, 0.1) is 0 Å². The summed E-state index contributed by atoms with van der Waals surface area (Å²) < 4.78 is 0. The molecule has 0 aliphatic carbocycles. The fraction of sp³-hybridized carbons (Fsp3) is 0.556. The van der Waals surface area contributed by atoms with Crippen LogP contribution in [0.15, 0.2) is 12.3 Å². The first-order valence-corrected chi connectivity index (χ1v) is 5.01. The maximum Gasteiger partial charge on any atom is 0.404 e. The lowest BCUT2D eigenvalue weighted by Gasteiger charge is -2.15. The molecule has 0 aromatic rings. The highest BCUT2D eigenvalue weighted by Crippen LogP contribution is 1.94. The van der Waals surface area contributed by atoms with Crippen molar-refractivity contribution in [3.8, 4) is 0 Å². The zero-order valence-corrected chi connectivity index (χ0v) is 8.95. The van der Waals surface area contributed by atoms with E-state index in [-0.39, 0.29) is 12.6 Å². The van der Waals surface area contributed by atoms with Gasteiger partial charge in [0.05, 0.1) is 6.54 Å². The van der Waals surface area contributed by atoms with E-state index in [1.165, 1.54) is 0 Å². The highest BCUT2D eigenvalue weighted by atomic mass is 16.4. The predicted octanol–water partition coefficient (Wildman–Crippen LogP) is -0.617. The average molecular weight is 228 g/mol. The van der Waals surface area contributed by atoms with Crippen LogP contribution in [-0.2, 0) is 0 Å². The van der Waals surface area contributed by atoms with Gasteiger partial charge in [0.25, 0.3) is 0 Å². The molecule has 0 aromatic heterocycles. The lowest BCUT2D eigenvalue weighted by Crippen LogP contribution is -2.36. The number of carbonyl (C=O) groups is 2. The largest absolute Gasteiger partial charge is 0.465 e. The van der Waals surface area contributed by atoms with Crippen LogP contribution in [-0.4, -0.2) is 54.9 Å². The third-order valence-electron chi connectivity index (χ3n) is 2.15. The molecule has 1 fully saturated rings. The molecule has 0 bridgehead atoms. The lowest BCUT2D eigenvalue weighted by molar-refractivity contribution is 0.195. The van der Waals surface area contributed by atoms with Crippen LogP contribution in [0.1, 0.15) is 0 Å². The molecule has 3 amide bonds. The summed E-state index contributed by atoms with van der Waals surface area (Å²) >= 11 is 0. The van der Waals surface area contributed by atoms with Gasteiger partial charge in [0, 0.05) is 31.9 Å². The van der Waals surface area contributed by atoms with E-state index < -0.39 is 6.09 Å². The van der Waals surface area contributed by atoms with Crippen LogP contribution >= 0.6 is 0 Å². The number of rotatable bonds is 6. The van der Waals surface area contributed by atoms with E-state index in [1.54, 1.807) is 4.90 Å². The summed E-state index contributed by atoms with van der Waals surface area (Å²) in [7, 11) is 0. The second-order valence-electron chi connectivity index (χ2n) is 3.41. The lowest BCUT2D eigenvalue weighted by atomic mass is 10.4. The number of hydrogen-bond acceptors (Lipinski definition) is 3. The number of urea groups is 1. The Morgan fingerprint density at radius 1 is 1.56 bits per heavy atom. The number of amides is 3. The van der Waals surface area contributed by atoms with Crippen molar-refractivity contribution in [2.24, 2.45) is 0 Å². The predicted molar refractivity (Wildman–Crippen MR) is 58.1 cm³/mol. The smallest absolute Gasteiger partial charge is 0.404 e. The van der Waals surface area contributed by atoms with Gasteiger partial charge in [-0.2, -0.15) is 0 Å². The summed E-state index contributed by atoms with van der Waals surface area (Å²) in [6, 6.07) is -0.0592. The first-order chi connectivity index (χ1) is 7.59. The molecule has 0 atom stereocenters. The van der Waals surface area contributed by atoms with E-state index in [4.69, 9.17) is 5.11 Å². The van der Waals surface area contributed by atoms with Crippen LogP contribution in [0.3, 0.4) is 0 Å². The van der Waals surface area contributed by atoms with Crippen molar-refractivity contribution in [1.29, 1.82) is 0 Å². The second kappa shape index (κ2) is 5.84. The Morgan fingerprint density at radius 2 is 2.31 bits per heavy atom. The van der Waals surface area contributed by atoms with Crippen molar-refractivity contribution in [3.63, 3.8) is 0 Å². The summed E-state index contributed by atoms with van der Waals surface area (Å²) in [4.78, 5) is 23.0. The van der Waals surface area contributed by atoms with Crippen molar-refractivity contribution in [2.45, 2.75) is 0 Å². The van der Waals surface area contributed by atoms with Crippen LogP contribution in [0.4, 0.5) is 9.59 Å². The van der Waals surface area contributed by atoms with Crippen molar-refractivity contribution < 1.29 is 14.7 Å². The van der Waals surface area contributed by atoms with E-state index in [9.17, 15) is 9.59 Å². The third-order valence-corrected chi connectivity index (χ3v) is 2.15. The standard InChI is InChI=1S/C9H16N4O3/c1-7(6-12-9(15)16)10-2-4-13-5-3-11-8(13)14/h10,12H,1-6H2,(H,11,14)(H,15,16). The molecule has 1 aliphatic rings. The van der Waals surface area contributed by atoms with Gasteiger partial charge in [0.2, 0.25) is 0 Å². The highest BCUT2D eigenvalue weighted by molar-refractivity contribution is 5.76. The molecule has 7 heteroatoms. The zero-order valence-electron chi connectivity index (χ0n) is 8.95. The molecule has 90 valence electrons. The molecule has 0 aromatic carbocycles. The minimum Gasteiger partial charge on any atom is -0.465 e. The van der Waals surface area contributed by atoms with Crippen LogP contribution in [0.5, 0.6) is 0 Å². The van der Waals surface area contributed by atoms with Gasteiger partial charge in [-0.1, -0.05) is 6.58 Å². The topological polar surface area (TPSA) is 93.7 Å². The number of hydrogen-bond donors (Lipinski definition) is 4.